The van der Waals surface area contributed by atoms with Crippen molar-refractivity contribution in [2.24, 2.45) is 11.3 Å². The topological polar surface area (TPSA) is 53.4 Å². The Hall–Kier alpha value is -1.79. The van der Waals surface area contributed by atoms with Crippen LogP contribution in [0.4, 0.5) is 19.0 Å². The third kappa shape index (κ3) is 2.34. The van der Waals surface area contributed by atoms with Gasteiger partial charge in [0.2, 0.25) is 0 Å². The van der Waals surface area contributed by atoms with Gasteiger partial charge in [-0.25, -0.2) is 4.98 Å². The lowest BCUT2D eigenvalue weighted by atomic mass is 9.63. The molecule has 0 amide bonds. The second-order valence-corrected chi connectivity index (χ2v) is 5.87. The third-order valence-corrected chi connectivity index (χ3v) is 4.64. The number of rotatable bonds is 2. The molecule has 2 aliphatic rings. The predicted molar refractivity (Wildman–Crippen MR) is 68.9 cm³/mol. The van der Waals surface area contributed by atoms with Gasteiger partial charge >= 0.3 is 12.1 Å². The molecule has 1 aromatic rings. The standard InChI is InChI=1S/C14H15F3N2O2/c15-14(16,17)10-3-1-4-11(18-10)19-7-9(12(20)21)13(8-19)5-2-6-13/h1,3-4,9H,2,5-8H2,(H,20,21)/t9-/m0/s1. The molecular formula is C14H15F3N2O2. The number of aliphatic carboxylic acids is 1. The van der Waals surface area contributed by atoms with Crippen LogP contribution in [-0.4, -0.2) is 29.1 Å². The highest BCUT2D eigenvalue weighted by atomic mass is 19.4. The van der Waals surface area contributed by atoms with Crippen LogP contribution in [0.2, 0.25) is 0 Å². The SMILES string of the molecule is O=C(O)[C@@H]1CN(c2cccc(C(F)(F)F)n2)CC12CCC2. The minimum atomic E-state index is -4.49. The predicted octanol–water partition coefficient (Wildman–Crippen LogP) is 2.79. The second-order valence-electron chi connectivity index (χ2n) is 5.87. The normalized spacial score (nSPS) is 24.1. The molecule has 4 nitrogen and oxygen atoms in total. The zero-order valence-corrected chi connectivity index (χ0v) is 11.2. The van der Waals surface area contributed by atoms with Crippen LogP contribution in [0.3, 0.4) is 0 Å². The van der Waals surface area contributed by atoms with Gasteiger partial charge in [-0.2, -0.15) is 13.2 Å². The molecule has 1 saturated heterocycles. The highest BCUT2D eigenvalue weighted by molar-refractivity contribution is 5.73. The molecule has 1 aliphatic heterocycles. The number of alkyl halides is 3. The third-order valence-electron chi connectivity index (χ3n) is 4.64. The number of carboxylic acids is 1. The van der Waals surface area contributed by atoms with Crippen LogP contribution >= 0.6 is 0 Å². The van der Waals surface area contributed by atoms with E-state index in [2.05, 4.69) is 4.98 Å². The fraction of sp³-hybridized carbons (Fsp3) is 0.571. The summed E-state index contributed by atoms with van der Waals surface area (Å²) in [6, 6.07) is 3.74. The molecule has 0 unspecified atom stereocenters. The van der Waals surface area contributed by atoms with Crippen molar-refractivity contribution in [2.75, 3.05) is 18.0 Å². The minimum Gasteiger partial charge on any atom is -0.481 e. The molecule has 0 radical (unpaired) electrons. The first kappa shape index (κ1) is 14.2. The van der Waals surface area contributed by atoms with E-state index in [0.717, 1.165) is 25.3 Å². The Kier molecular flexibility index (Phi) is 3.11. The molecule has 1 spiro atoms. The number of hydrogen-bond donors (Lipinski definition) is 1. The largest absolute Gasteiger partial charge is 0.481 e. The van der Waals surface area contributed by atoms with Gasteiger partial charge in [-0.1, -0.05) is 12.5 Å². The summed E-state index contributed by atoms with van der Waals surface area (Å²) < 4.78 is 38.1. The number of halogens is 3. The summed E-state index contributed by atoms with van der Waals surface area (Å²) in [6.07, 6.45) is -1.87. The van der Waals surface area contributed by atoms with Crippen molar-refractivity contribution in [1.29, 1.82) is 0 Å². The van der Waals surface area contributed by atoms with E-state index in [-0.39, 0.29) is 17.8 Å². The van der Waals surface area contributed by atoms with Crippen LogP contribution in [0.1, 0.15) is 25.0 Å². The fourth-order valence-corrected chi connectivity index (χ4v) is 3.38. The van der Waals surface area contributed by atoms with E-state index in [1.54, 1.807) is 4.90 Å². The molecule has 1 saturated carbocycles. The van der Waals surface area contributed by atoms with Crippen LogP contribution in [0.25, 0.3) is 0 Å². The first-order valence-corrected chi connectivity index (χ1v) is 6.84. The van der Waals surface area contributed by atoms with Crippen molar-refractivity contribution < 1.29 is 23.1 Å². The van der Waals surface area contributed by atoms with Gasteiger partial charge in [-0.05, 0) is 25.0 Å². The summed E-state index contributed by atoms with van der Waals surface area (Å²) >= 11 is 0. The Balaban J connectivity index is 1.87. The number of nitrogens with zero attached hydrogens (tertiary/aromatic N) is 2. The van der Waals surface area contributed by atoms with Gasteiger partial charge in [0.05, 0.1) is 5.92 Å². The molecule has 1 aromatic heterocycles. The Morgan fingerprint density at radius 3 is 2.57 bits per heavy atom. The van der Waals surface area contributed by atoms with E-state index in [1.807, 2.05) is 0 Å². The van der Waals surface area contributed by atoms with E-state index < -0.39 is 23.8 Å². The van der Waals surface area contributed by atoms with Crippen molar-refractivity contribution >= 4 is 11.8 Å². The van der Waals surface area contributed by atoms with Gasteiger partial charge in [0.1, 0.15) is 11.5 Å². The van der Waals surface area contributed by atoms with Gasteiger partial charge in [0.15, 0.2) is 0 Å². The molecule has 1 atom stereocenters. The lowest BCUT2D eigenvalue weighted by Gasteiger charge is -2.41. The van der Waals surface area contributed by atoms with Gasteiger partial charge in [0.25, 0.3) is 0 Å². The van der Waals surface area contributed by atoms with E-state index in [4.69, 9.17) is 0 Å². The maximum absolute atomic E-state index is 12.7. The van der Waals surface area contributed by atoms with Gasteiger partial charge in [-0.15, -0.1) is 0 Å². The van der Waals surface area contributed by atoms with Gasteiger partial charge in [-0.3, -0.25) is 4.79 Å². The monoisotopic (exact) mass is 300 g/mol. The lowest BCUT2D eigenvalue weighted by Crippen LogP contribution is -2.40. The maximum atomic E-state index is 12.7. The average Bonchev–Trinajstić information content (AvgIpc) is 2.78. The van der Waals surface area contributed by atoms with E-state index in [9.17, 15) is 23.1 Å². The van der Waals surface area contributed by atoms with Crippen LogP contribution < -0.4 is 4.90 Å². The number of carboxylic acid groups (broad SMARTS) is 1. The quantitative estimate of drug-likeness (QED) is 0.912. The number of aromatic nitrogens is 1. The van der Waals surface area contributed by atoms with Crippen molar-refractivity contribution in [3.63, 3.8) is 0 Å². The molecule has 0 aromatic carbocycles. The number of carbonyl (C=O) groups is 1. The van der Waals surface area contributed by atoms with Crippen LogP contribution in [0.15, 0.2) is 18.2 Å². The molecule has 0 bridgehead atoms. The number of pyridine rings is 1. The van der Waals surface area contributed by atoms with Crippen molar-refractivity contribution in [2.45, 2.75) is 25.4 Å². The Labute approximate surface area is 119 Å². The molecule has 2 fully saturated rings. The Bertz CT molecular complexity index is 570. The summed E-state index contributed by atoms with van der Waals surface area (Å²) in [5.74, 6) is -1.19. The highest BCUT2D eigenvalue weighted by Crippen LogP contribution is 2.52. The molecule has 1 N–H and O–H groups in total. The molecule has 114 valence electrons. The van der Waals surface area contributed by atoms with E-state index >= 15 is 0 Å². The first-order valence-electron chi connectivity index (χ1n) is 6.84. The molecule has 7 heteroatoms. The van der Waals surface area contributed by atoms with E-state index in [0.29, 0.717) is 6.54 Å². The molecule has 1 aliphatic carbocycles. The zero-order chi connectivity index (χ0) is 15.3. The lowest BCUT2D eigenvalue weighted by molar-refractivity contribution is -0.146. The van der Waals surface area contributed by atoms with Gasteiger partial charge < -0.3 is 10.0 Å². The molecular weight excluding hydrogens is 285 g/mol. The first-order chi connectivity index (χ1) is 9.82. The molecule has 3 rings (SSSR count). The summed E-state index contributed by atoms with van der Waals surface area (Å²) in [5, 5.41) is 9.34. The molecule has 21 heavy (non-hydrogen) atoms. The smallest absolute Gasteiger partial charge is 0.433 e. The van der Waals surface area contributed by atoms with Crippen molar-refractivity contribution in [3.8, 4) is 0 Å². The highest BCUT2D eigenvalue weighted by Gasteiger charge is 2.53. The minimum absolute atomic E-state index is 0.208. The maximum Gasteiger partial charge on any atom is 0.433 e. The zero-order valence-electron chi connectivity index (χ0n) is 11.2. The number of anilines is 1. The second kappa shape index (κ2) is 4.61. The fourth-order valence-electron chi connectivity index (χ4n) is 3.38. The summed E-state index contributed by atoms with van der Waals surface area (Å²) in [4.78, 5) is 16.7. The van der Waals surface area contributed by atoms with E-state index in [1.165, 1.54) is 12.1 Å². The Morgan fingerprint density at radius 2 is 2.10 bits per heavy atom. The van der Waals surface area contributed by atoms with Crippen LogP contribution in [0, 0.1) is 11.3 Å². The summed E-state index contributed by atoms with van der Waals surface area (Å²) in [6.45, 7) is 0.696. The summed E-state index contributed by atoms with van der Waals surface area (Å²) in [7, 11) is 0. The molecule has 2 heterocycles. The average molecular weight is 300 g/mol. The van der Waals surface area contributed by atoms with Gasteiger partial charge in [0, 0.05) is 18.5 Å². The van der Waals surface area contributed by atoms with Crippen LogP contribution in [0.5, 0.6) is 0 Å². The van der Waals surface area contributed by atoms with Crippen LogP contribution in [-0.2, 0) is 11.0 Å². The van der Waals surface area contributed by atoms with Crippen molar-refractivity contribution in [1.82, 2.24) is 4.98 Å². The van der Waals surface area contributed by atoms with Crippen molar-refractivity contribution in [3.05, 3.63) is 23.9 Å². The Morgan fingerprint density at radius 1 is 1.38 bits per heavy atom. The number of hydrogen-bond acceptors (Lipinski definition) is 3. The summed E-state index contributed by atoms with van der Waals surface area (Å²) in [5.41, 5.74) is -1.23.